The first kappa shape index (κ1) is 15.8. The first-order valence-corrected chi connectivity index (χ1v) is 6.95. The zero-order chi connectivity index (χ0) is 15.6. The number of carbonyl (C=O) groups is 2. The van der Waals surface area contributed by atoms with E-state index in [4.69, 9.17) is 16.7 Å². The molecule has 21 heavy (non-hydrogen) atoms. The van der Waals surface area contributed by atoms with Crippen molar-refractivity contribution in [3.63, 3.8) is 0 Å². The van der Waals surface area contributed by atoms with Crippen molar-refractivity contribution in [2.45, 2.75) is 25.5 Å². The van der Waals surface area contributed by atoms with Gasteiger partial charge in [0.05, 0.1) is 12.6 Å². The minimum atomic E-state index is -1.03. The van der Waals surface area contributed by atoms with Crippen molar-refractivity contribution in [2.24, 2.45) is 0 Å². The van der Waals surface area contributed by atoms with Crippen molar-refractivity contribution in [3.05, 3.63) is 28.8 Å². The zero-order valence-corrected chi connectivity index (χ0v) is 12.3. The fourth-order valence-electron chi connectivity index (χ4n) is 2.37. The van der Waals surface area contributed by atoms with E-state index in [1.54, 1.807) is 18.2 Å². The van der Waals surface area contributed by atoms with Gasteiger partial charge in [-0.1, -0.05) is 17.7 Å². The summed E-state index contributed by atoms with van der Waals surface area (Å²) in [5, 5.41) is 21.8. The number of hydrogen-bond donors (Lipinski definition) is 3. The molecule has 6 nitrogen and oxygen atoms in total. The summed E-state index contributed by atoms with van der Waals surface area (Å²) >= 11 is 5.98. The number of nitrogens with one attached hydrogen (secondary N) is 1. The average molecular weight is 313 g/mol. The number of amides is 1. The Morgan fingerprint density at radius 3 is 2.81 bits per heavy atom. The van der Waals surface area contributed by atoms with Crippen molar-refractivity contribution in [2.75, 3.05) is 18.4 Å². The normalized spacial score (nSPS) is 22.2. The number of carbonyl (C=O) groups excluding carboxylic acids is 1. The quantitative estimate of drug-likeness (QED) is 0.775. The number of rotatable bonds is 4. The summed E-state index contributed by atoms with van der Waals surface area (Å²) in [6.45, 7) is 1.95. The van der Waals surface area contributed by atoms with Gasteiger partial charge in [0, 0.05) is 23.7 Å². The largest absolute Gasteiger partial charge is 0.480 e. The Bertz CT molecular complexity index is 564. The Kier molecular flexibility index (Phi) is 4.82. The lowest BCUT2D eigenvalue weighted by molar-refractivity contribution is -0.142. The van der Waals surface area contributed by atoms with E-state index >= 15 is 0 Å². The van der Waals surface area contributed by atoms with Gasteiger partial charge < -0.3 is 15.5 Å². The maximum Gasteiger partial charge on any atom is 0.321 e. The van der Waals surface area contributed by atoms with Crippen LogP contribution in [0.5, 0.6) is 0 Å². The van der Waals surface area contributed by atoms with Crippen LogP contribution in [0.15, 0.2) is 18.2 Å². The molecule has 0 spiro atoms. The first-order valence-electron chi connectivity index (χ1n) is 6.57. The number of anilines is 1. The van der Waals surface area contributed by atoms with E-state index in [1.807, 2.05) is 6.92 Å². The van der Waals surface area contributed by atoms with E-state index in [0.29, 0.717) is 10.7 Å². The fraction of sp³-hybridized carbons (Fsp3) is 0.429. The molecule has 1 aliphatic heterocycles. The molecule has 0 aromatic heterocycles. The summed E-state index contributed by atoms with van der Waals surface area (Å²) in [7, 11) is 0. The number of nitrogens with zero attached hydrogens (tertiary/aromatic N) is 1. The van der Waals surface area contributed by atoms with Gasteiger partial charge in [-0.25, -0.2) is 0 Å². The number of benzene rings is 1. The molecule has 1 heterocycles. The second-order valence-electron chi connectivity index (χ2n) is 5.19. The molecule has 1 aliphatic rings. The maximum atomic E-state index is 12.0. The van der Waals surface area contributed by atoms with Gasteiger partial charge in [0.1, 0.15) is 6.04 Å². The lowest BCUT2D eigenvalue weighted by atomic mass is 10.2. The number of aliphatic hydroxyl groups is 1. The van der Waals surface area contributed by atoms with Crippen molar-refractivity contribution in [1.29, 1.82) is 0 Å². The maximum absolute atomic E-state index is 12.0. The molecule has 2 atom stereocenters. The molecule has 2 rings (SSSR count). The molecule has 0 saturated carbocycles. The molecule has 0 aliphatic carbocycles. The standard InChI is InChI=1S/C14H17ClN2O4/c1-8-2-3-9(4-11(8)15)16-13(19)7-17-6-10(18)5-12(17)14(20)21/h2-4,10,12,18H,5-7H2,1H3,(H,16,19)(H,20,21). The Morgan fingerprint density at radius 2 is 2.19 bits per heavy atom. The predicted molar refractivity (Wildman–Crippen MR) is 78.4 cm³/mol. The third-order valence-corrected chi connectivity index (χ3v) is 3.88. The van der Waals surface area contributed by atoms with Gasteiger partial charge in [0.25, 0.3) is 0 Å². The lowest BCUT2D eigenvalue weighted by Crippen LogP contribution is -2.41. The molecule has 1 aromatic carbocycles. The second-order valence-corrected chi connectivity index (χ2v) is 5.59. The van der Waals surface area contributed by atoms with Gasteiger partial charge in [-0.05, 0) is 24.6 Å². The van der Waals surface area contributed by atoms with Crippen molar-refractivity contribution in [1.82, 2.24) is 4.90 Å². The third kappa shape index (κ3) is 3.93. The summed E-state index contributed by atoms with van der Waals surface area (Å²) in [6, 6.07) is 4.33. The number of aryl methyl sites for hydroxylation is 1. The van der Waals surface area contributed by atoms with E-state index in [0.717, 1.165) is 5.56 Å². The number of carboxylic acids is 1. The molecule has 114 valence electrons. The molecule has 1 aromatic rings. The number of hydrogen-bond acceptors (Lipinski definition) is 4. The Hall–Kier alpha value is -1.63. The highest BCUT2D eigenvalue weighted by atomic mass is 35.5. The Morgan fingerprint density at radius 1 is 1.48 bits per heavy atom. The Balaban J connectivity index is 1.97. The molecule has 1 amide bonds. The summed E-state index contributed by atoms with van der Waals surface area (Å²) < 4.78 is 0. The molecule has 3 N–H and O–H groups in total. The number of halogens is 1. The van der Waals surface area contributed by atoms with Crippen LogP contribution in [0, 0.1) is 6.92 Å². The smallest absolute Gasteiger partial charge is 0.321 e. The lowest BCUT2D eigenvalue weighted by Gasteiger charge is -2.20. The Labute approximate surface area is 127 Å². The third-order valence-electron chi connectivity index (χ3n) is 3.47. The minimum absolute atomic E-state index is 0.0838. The first-order chi connectivity index (χ1) is 9.86. The van der Waals surface area contributed by atoms with Crippen molar-refractivity contribution >= 4 is 29.2 Å². The number of aliphatic carboxylic acids is 1. The van der Waals surface area contributed by atoms with E-state index in [2.05, 4.69) is 5.32 Å². The number of carboxylic acid groups (broad SMARTS) is 1. The fourth-order valence-corrected chi connectivity index (χ4v) is 2.55. The van der Waals surface area contributed by atoms with Crippen LogP contribution >= 0.6 is 11.6 Å². The summed E-state index contributed by atoms with van der Waals surface area (Å²) in [5.41, 5.74) is 1.46. The van der Waals surface area contributed by atoms with Crippen LogP contribution in [-0.4, -0.2) is 52.2 Å². The van der Waals surface area contributed by atoms with Gasteiger partial charge >= 0.3 is 5.97 Å². The highest BCUT2D eigenvalue weighted by molar-refractivity contribution is 6.31. The SMILES string of the molecule is Cc1ccc(NC(=O)CN2CC(O)CC2C(=O)O)cc1Cl. The highest BCUT2D eigenvalue weighted by Crippen LogP contribution is 2.21. The second kappa shape index (κ2) is 6.43. The number of β-amino-alcohol motifs (C(OH)–C–C–N with tert-alkyl or cyclic N) is 1. The van der Waals surface area contributed by atoms with Crippen LogP contribution in [0.2, 0.25) is 5.02 Å². The summed E-state index contributed by atoms with van der Waals surface area (Å²) in [5.74, 6) is -1.37. The van der Waals surface area contributed by atoms with Crippen LogP contribution in [-0.2, 0) is 9.59 Å². The van der Waals surface area contributed by atoms with E-state index < -0.39 is 18.1 Å². The van der Waals surface area contributed by atoms with Gasteiger partial charge in [0.2, 0.25) is 5.91 Å². The van der Waals surface area contributed by atoms with Gasteiger partial charge in [-0.15, -0.1) is 0 Å². The molecule has 2 unspecified atom stereocenters. The minimum Gasteiger partial charge on any atom is -0.480 e. The van der Waals surface area contributed by atoms with Crippen molar-refractivity contribution < 1.29 is 19.8 Å². The van der Waals surface area contributed by atoms with Crippen LogP contribution in [0.25, 0.3) is 0 Å². The summed E-state index contributed by atoms with van der Waals surface area (Å²) in [6.07, 6.45) is -0.577. The predicted octanol–water partition coefficient (Wildman–Crippen LogP) is 1.11. The van der Waals surface area contributed by atoms with Crippen LogP contribution < -0.4 is 5.32 Å². The van der Waals surface area contributed by atoms with E-state index in [1.165, 1.54) is 4.90 Å². The van der Waals surface area contributed by atoms with Crippen molar-refractivity contribution in [3.8, 4) is 0 Å². The zero-order valence-electron chi connectivity index (χ0n) is 11.5. The monoisotopic (exact) mass is 312 g/mol. The van der Waals surface area contributed by atoms with E-state index in [9.17, 15) is 14.7 Å². The molecule has 1 fully saturated rings. The molecule has 0 bridgehead atoms. The highest BCUT2D eigenvalue weighted by Gasteiger charge is 2.36. The van der Waals surface area contributed by atoms with E-state index in [-0.39, 0.29) is 25.4 Å². The van der Waals surface area contributed by atoms with Gasteiger partial charge in [-0.2, -0.15) is 0 Å². The molecular weight excluding hydrogens is 296 g/mol. The molecule has 0 radical (unpaired) electrons. The number of aliphatic hydroxyl groups excluding tert-OH is 1. The molecule has 1 saturated heterocycles. The summed E-state index contributed by atoms with van der Waals surface area (Å²) in [4.78, 5) is 24.5. The van der Waals surface area contributed by atoms with Crippen LogP contribution in [0.3, 0.4) is 0 Å². The van der Waals surface area contributed by atoms with Crippen LogP contribution in [0.1, 0.15) is 12.0 Å². The van der Waals surface area contributed by atoms with Crippen LogP contribution in [0.4, 0.5) is 5.69 Å². The average Bonchev–Trinajstić information content (AvgIpc) is 2.75. The molecular formula is C14H17ClN2O4. The topological polar surface area (TPSA) is 89.9 Å². The van der Waals surface area contributed by atoms with Gasteiger partial charge in [0.15, 0.2) is 0 Å². The van der Waals surface area contributed by atoms with Gasteiger partial charge in [-0.3, -0.25) is 14.5 Å². The number of likely N-dealkylation sites (tertiary alicyclic amines) is 1. The molecule has 7 heteroatoms.